The van der Waals surface area contributed by atoms with E-state index in [1.54, 1.807) is 0 Å². The van der Waals surface area contributed by atoms with Gasteiger partial charge in [0.15, 0.2) is 5.69 Å². The number of amides is 1. The Morgan fingerprint density at radius 3 is 2.59 bits per heavy atom. The number of carbonyl (C=O) groups excluding carboxylic acids is 1. The van der Waals surface area contributed by atoms with Crippen LogP contribution in [0, 0.1) is 5.92 Å². The summed E-state index contributed by atoms with van der Waals surface area (Å²) in [5, 5.41) is 0. The number of nitrogens with zero attached hydrogens (tertiary/aromatic N) is 2. The molecule has 0 bridgehead atoms. The molecule has 0 aliphatic heterocycles. The zero-order chi connectivity index (χ0) is 20.8. The van der Waals surface area contributed by atoms with Crippen molar-refractivity contribution in [3.8, 4) is 0 Å². The van der Waals surface area contributed by atoms with Gasteiger partial charge in [-0.3, -0.25) is 19.1 Å². The fourth-order valence-electron chi connectivity index (χ4n) is 3.88. The minimum absolute atomic E-state index is 0.0144. The van der Waals surface area contributed by atoms with Crippen LogP contribution < -0.4 is 21.9 Å². The van der Waals surface area contributed by atoms with Gasteiger partial charge in [0.25, 0.3) is 5.56 Å². The molecule has 1 fully saturated rings. The van der Waals surface area contributed by atoms with E-state index in [4.69, 9.17) is 10.5 Å². The van der Waals surface area contributed by atoms with Crippen LogP contribution in [0.2, 0.25) is 0 Å². The number of rotatable bonds is 8. The summed E-state index contributed by atoms with van der Waals surface area (Å²) in [6.07, 6.45) is 4.65. The lowest BCUT2D eigenvalue weighted by Crippen LogP contribution is -2.43. The highest BCUT2D eigenvalue weighted by molar-refractivity contribution is 5.95. The number of nitrogen functional groups attached to an aromatic ring is 1. The predicted molar refractivity (Wildman–Crippen MR) is 112 cm³/mol. The molecule has 0 spiro atoms. The average Bonchev–Trinajstić information content (AvgIpc) is 3.21. The second kappa shape index (κ2) is 9.56. The van der Waals surface area contributed by atoms with Crippen LogP contribution in [0.15, 0.2) is 39.9 Å². The second-order valence-corrected chi connectivity index (χ2v) is 7.46. The first-order chi connectivity index (χ1) is 14.0. The van der Waals surface area contributed by atoms with Gasteiger partial charge in [-0.05, 0) is 24.3 Å². The SMILES string of the molecule is COCCN(C(=O)CC1CCCC1)c1c(N)n(Cc2ccccc2)c(=O)[nH]c1=O. The number of ether oxygens (including phenoxy) is 1. The zero-order valence-corrected chi connectivity index (χ0v) is 16.7. The molecular weight excluding hydrogens is 372 g/mol. The van der Waals surface area contributed by atoms with Crippen molar-refractivity contribution < 1.29 is 9.53 Å². The quantitative estimate of drug-likeness (QED) is 0.701. The van der Waals surface area contributed by atoms with E-state index in [1.165, 1.54) is 16.6 Å². The molecule has 29 heavy (non-hydrogen) atoms. The maximum Gasteiger partial charge on any atom is 0.330 e. The van der Waals surface area contributed by atoms with Crippen molar-refractivity contribution in [1.29, 1.82) is 0 Å². The van der Waals surface area contributed by atoms with Crippen molar-refractivity contribution in [3.63, 3.8) is 0 Å². The van der Waals surface area contributed by atoms with Crippen molar-refractivity contribution in [1.82, 2.24) is 9.55 Å². The van der Waals surface area contributed by atoms with E-state index >= 15 is 0 Å². The number of aromatic amines is 1. The van der Waals surface area contributed by atoms with Gasteiger partial charge in [-0.15, -0.1) is 0 Å². The molecular formula is C21H28N4O4. The molecule has 1 aliphatic rings. The normalized spacial score (nSPS) is 14.2. The molecule has 0 radical (unpaired) electrons. The summed E-state index contributed by atoms with van der Waals surface area (Å²) in [6, 6.07) is 9.33. The fraction of sp³-hybridized carbons (Fsp3) is 0.476. The number of anilines is 2. The first-order valence-electron chi connectivity index (χ1n) is 9.97. The summed E-state index contributed by atoms with van der Waals surface area (Å²) in [5.74, 6) is 0.137. The van der Waals surface area contributed by atoms with Gasteiger partial charge in [-0.2, -0.15) is 0 Å². The summed E-state index contributed by atoms with van der Waals surface area (Å²) in [6.45, 7) is 0.649. The maximum absolute atomic E-state index is 13.0. The lowest BCUT2D eigenvalue weighted by molar-refractivity contribution is -0.119. The lowest BCUT2D eigenvalue weighted by atomic mass is 10.0. The third-order valence-electron chi connectivity index (χ3n) is 5.43. The fourth-order valence-corrected chi connectivity index (χ4v) is 3.88. The van der Waals surface area contributed by atoms with Gasteiger partial charge in [0.05, 0.1) is 13.2 Å². The maximum atomic E-state index is 13.0. The molecule has 0 atom stereocenters. The number of nitrogens with one attached hydrogen (secondary N) is 1. The van der Waals surface area contributed by atoms with E-state index in [2.05, 4.69) is 4.98 Å². The van der Waals surface area contributed by atoms with Gasteiger partial charge in [0, 0.05) is 20.1 Å². The zero-order valence-electron chi connectivity index (χ0n) is 16.7. The molecule has 3 N–H and O–H groups in total. The molecule has 156 valence electrons. The first kappa shape index (κ1) is 20.9. The minimum Gasteiger partial charge on any atom is -0.383 e. The Kier molecular flexibility index (Phi) is 6.87. The lowest BCUT2D eigenvalue weighted by Gasteiger charge is -2.25. The number of H-pyrrole nitrogens is 1. The Labute approximate surface area is 169 Å². The second-order valence-electron chi connectivity index (χ2n) is 7.46. The Morgan fingerprint density at radius 1 is 1.24 bits per heavy atom. The van der Waals surface area contributed by atoms with Crippen LogP contribution in [0.25, 0.3) is 0 Å². The Hall–Kier alpha value is -2.87. The summed E-state index contributed by atoms with van der Waals surface area (Å²) in [5.41, 5.74) is 5.87. The molecule has 0 unspecified atom stereocenters. The number of aromatic nitrogens is 2. The van der Waals surface area contributed by atoms with Gasteiger partial charge < -0.3 is 15.4 Å². The van der Waals surface area contributed by atoms with E-state index in [0.29, 0.717) is 12.3 Å². The van der Waals surface area contributed by atoms with Crippen LogP contribution in [0.4, 0.5) is 11.5 Å². The highest BCUT2D eigenvalue weighted by Gasteiger charge is 2.27. The van der Waals surface area contributed by atoms with E-state index in [9.17, 15) is 14.4 Å². The summed E-state index contributed by atoms with van der Waals surface area (Å²) in [4.78, 5) is 41.8. The monoisotopic (exact) mass is 400 g/mol. The van der Waals surface area contributed by atoms with Crippen molar-refractivity contribution in [2.45, 2.75) is 38.6 Å². The molecule has 3 rings (SSSR count). The average molecular weight is 400 g/mol. The summed E-state index contributed by atoms with van der Waals surface area (Å²) < 4.78 is 6.41. The van der Waals surface area contributed by atoms with Crippen LogP contribution in [-0.2, 0) is 16.1 Å². The predicted octanol–water partition coefficient (Wildman–Crippen LogP) is 1.73. The number of nitrogens with two attached hydrogens (primary N) is 1. The van der Waals surface area contributed by atoms with Gasteiger partial charge in [-0.1, -0.05) is 43.2 Å². The van der Waals surface area contributed by atoms with Crippen LogP contribution in [-0.4, -0.2) is 35.7 Å². The Morgan fingerprint density at radius 2 is 1.93 bits per heavy atom. The molecule has 8 heteroatoms. The largest absolute Gasteiger partial charge is 0.383 e. The van der Waals surface area contributed by atoms with Gasteiger partial charge >= 0.3 is 5.69 Å². The van der Waals surface area contributed by atoms with Crippen molar-refractivity contribution >= 4 is 17.4 Å². The van der Waals surface area contributed by atoms with E-state index < -0.39 is 11.2 Å². The topological polar surface area (TPSA) is 110 Å². The third-order valence-corrected chi connectivity index (χ3v) is 5.43. The number of methoxy groups -OCH3 is 1. The standard InChI is InChI=1S/C21H28N4O4/c1-29-12-11-24(17(26)13-15-7-5-6-8-15)18-19(22)25(21(28)23-20(18)27)14-16-9-3-2-4-10-16/h2-4,9-10,15H,5-8,11-14,22H2,1H3,(H,23,27,28). The first-order valence-corrected chi connectivity index (χ1v) is 9.97. The summed E-state index contributed by atoms with van der Waals surface area (Å²) in [7, 11) is 1.53. The van der Waals surface area contributed by atoms with Gasteiger partial charge in [0.2, 0.25) is 5.91 Å². The molecule has 0 saturated heterocycles. The van der Waals surface area contributed by atoms with Crippen LogP contribution in [0.3, 0.4) is 0 Å². The Bertz CT molecular complexity index is 945. The third kappa shape index (κ3) is 4.95. The van der Waals surface area contributed by atoms with Crippen LogP contribution in [0.1, 0.15) is 37.7 Å². The minimum atomic E-state index is -0.660. The number of carbonyl (C=O) groups is 1. The van der Waals surface area contributed by atoms with Gasteiger partial charge in [-0.25, -0.2) is 4.79 Å². The van der Waals surface area contributed by atoms with E-state index in [-0.39, 0.29) is 37.1 Å². The molecule has 1 aromatic heterocycles. The summed E-state index contributed by atoms with van der Waals surface area (Å²) >= 11 is 0. The molecule has 1 amide bonds. The Balaban J connectivity index is 1.97. The highest BCUT2D eigenvalue weighted by atomic mass is 16.5. The molecule has 1 aliphatic carbocycles. The van der Waals surface area contributed by atoms with Crippen molar-refractivity contribution in [3.05, 3.63) is 56.7 Å². The molecule has 1 aromatic carbocycles. The molecule has 8 nitrogen and oxygen atoms in total. The number of hydrogen-bond acceptors (Lipinski definition) is 5. The molecule has 2 aromatic rings. The number of hydrogen-bond donors (Lipinski definition) is 2. The van der Waals surface area contributed by atoms with Crippen molar-refractivity contribution in [2.24, 2.45) is 5.92 Å². The number of benzene rings is 1. The van der Waals surface area contributed by atoms with Crippen molar-refractivity contribution in [2.75, 3.05) is 30.9 Å². The van der Waals surface area contributed by atoms with Gasteiger partial charge in [0.1, 0.15) is 5.82 Å². The van der Waals surface area contributed by atoms with E-state index in [0.717, 1.165) is 31.2 Å². The highest BCUT2D eigenvalue weighted by Crippen LogP contribution is 2.29. The van der Waals surface area contributed by atoms with E-state index in [1.807, 2.05) is 30.3 Å². The van der Waals surface area contributed by atoms with Crippen LogP contribution >= 0.6 is 0 Å². The smallest absolute Gasteiger partial charge is 0.330 e. The molecule has 1 heterocycles. The molecule has 1 saturated carbocycles. The van der Waals surface area contributed by atoms with Crippen LogP contribution in [0.5, 0.6) is 0 Å².